The number of hydrogen-bond donors (Lipinski definition) is 0. The fourth-order valence-corrected chi connectivity index (χ4v) is 2.86. The predicted molar refractivity (Wildman–Crippen MR) is 91.1 cm³/mol. The van der Waals surface area contributed by atoms with Crippen LogP contribution in [0.25, 0.3) is 11.3 Å². The molecule has 2 aromatic rings. The molecule has 21 heavy (non-hydrogen) atoms. The summed E-state index contributed by atoms with van der Waals surface area (Å²) in [5.41, 5.74) is 4.73. The van der Waals surface area contributed by atoms with Crippen LogP contribution in [0.15, 0.2) is 58.4 Å². The first kappa shape index (κ1) is 14.0. The van der Waals surface area contributed by atoms with Crippen LogP contribution in [0.2, 0.25) is 0 Å². The Morgan fingerprint density at radius 1 is 0.952 bits per heavy atom. The largest absolute Gasteiger partial charge is 0.497 e. The van der Waals surface area contributed by atoms with E-state index in [-0.39, 0.29) is 0 Å². The lowest BCUT2D eigenvalue weighted by Crippen LogP contribution is -1.88. The lowest BCUT2D eigenvalue weighted by atomic mass is 9.99. The molecule has 106 valence electrons. The molecule has 1 aliphatic heterocycles. The van der Waals surface area contributed by atoms with Crippen molar-refractivity contribution in [1.29, 1.82) is 0 Å². The standard InChI is InChI=1S/C18H17NOS/c1-20-15-7-3-14(4-8-15)18-17(11-12-19-18)13-5-9-16(21-2)10-6-13/h3-10,12H,11H2,1-2H3. The molecular formula is C18H17NOS. The highest BCUT2D eigenvalue weighted by atomic mass is 32.2. The molecule has 1 heterocycles. The molecule has 0 unspecified atom stereocenters. The maximum absolute atomic E-state index is 5.21. The van der Waals surface area contributed by atoms with Crippen LogP contribution in [0.5, 0.6) is 5.75 Å². The van der Waals surface area contributed by atoms with Crippen LogP contribution in [-0.4, -0.2) is 19.6 Å². The molecule has 2 aromatic carbocycles. The zero-order valence-corrected chi connectivity index (χ0v) is 13.0. The number of thioether (sulfide) groups is 1. The highest BCUT2D eigenvalue weighted by Gasteiger charge is 2.14. The summed E-state index contributed by atoms with van der Waals surface area (Å²) in [4.78, 5) is 5.85. The van der Waals surface area contributed by atoms with Crippen molar-refractivity contribution in [3.63, 3.8) is 0 Å². The van der Waals surface area contributed by atoms with Crippen LogP contribution in [0, 0.1) is 0 Å². The highest BCUT2D eigenvalue weighted by molar-refractivity contribution is 7.98. The van der Waals surface area contributed by atoms with Gasteiger partial charge in [-0.05, 0) is 53.8 Å². The average molecular weight is 295 g/mol. The van der Waals surface area contributed by atoms with Crippen LogP contribution >= 0.6 is 11.8 Å². The van der Waals surface area contributed by atoms with Crippen LogP contribution in [0.4, 0.5) is 0 Å². The van der Waals surface area contributed by atoms with E-state index in [0.717, 1.165) is 23.4 Å². The normalized spacial score (nSPS) is 13.8. The zero-order valence-electron chi connectivity index (χ0n) is 12.2. The molecular weight excluding hydrogens is 278 g/mol. The van der Waals surface area contributed by atoms with Gasteiger partial charge in [0.25, 0.3) is 0 Å². The van der Waals surface area contributed by atoms with Gasteiger partial charge in [0.1, 0.15) is 5.75 Å². The monoisotopic (exact) mass is 295 g/mol. The Balaban J connectivity index is 1.98. The molecule has 0 N–H and O–H groups in total. The summed E-state index contributed by atoms with van der Waals surface area (Å²) in [5, 5.41) is 0. The zero-order chi connectivity index (χ0) is 14.7. The molecule has 1 aliphatic rings. The van der Waals surface area contributed by atoms with Crippen molar-refractivity contribution in [1.82, 2.24) is 0 Å². The van der Waals surface area contributed by atoms with Crippen LogP contribution in [0.3, 0.4) is 0 Å². The van der Waals surface area contributed by atoms with Gasteiger partial charge in [-0.2, -0.15) is 0 Å². The second-order valence-corrected chi connectivity index (χ2v) is 5.68. The van der Waals surface area contributed by atoms with Crippen molar-refractivity contribution in [2.45, 2.75) is 11.3 Å². The molecule has 0 spiro atoms. The first-order valence-electron chi connectivity index (χ1n) is 6.86. The molecule has 0 saturated carbocycles. The Labute approximate surface area is 129 Å². The van der Waals surface area contributed by atoms with Crippen molar-refractivity contribution in [3.8, 4) is 5.75 Å². The van der Waals surface area contributed by atoms with E-state index in [1.807, 2.05) is 18.3 Å². The first-order chi connectivity index (χ1) is 10.3. The summed E-state index contributed by atoms with van der Waals surface area (Å²) in [6.45, 7) is 0. The second-order valence-electron chi connectivity index (χ2n) is 4.80. The van der Waals surface area contributed by atoms with Crippen molar-refractivity contribution < 1.29 is 4.74 Å². The fourth-order valence-electron chi connectivity index (χ4n) is 2.45. The van der Waals surface area contributed by atoms with Gasteiger partial charge >= 0.3 is 0 Å². The predicted octanol–water partition coefficient (Wildman–Crippen LogP) is 4.76. The van der Waals surface area contributed by atoms with E-state index in [2.05, 4.69) is 47.6 Å². The van der Waals surface area contributed by atoms with Gasteiger partial charge in [-0.3, -0.25) is 4.99 Å². The summed E-state index contributed by atoms with van der Waals surface area (Å²) in [6.07, 6.45) is 4.97. The Morgan fingerprint density at radius 3 is 2.24 bits per heavy atom. The first-order valence-corrected chi connectivity index (χ1v) is 8.09. The number of hydrogen-bond acceptors (Lipinski definition) is 3. The molecule has 0 saturated heterocycles. The third-order valence-corrected chi connectivity index (χ3v) is 4.35. The number of nitrogens with zero attached hydrogens (tertiary/aromatic N) is 1. The van der Waals surface area contributed by atoms with E-state index in [1.54, 1.807) is 18.9 Å². The van der Waals surface area contributed by atoms with E-state index in [9.17, 15) is 0 Å². The number of aliphatic imine (C=N–C) groups is 1. The summed E-state index contributed by atoms with van der Waals surface area (Å²) in [6, 6.07) is 16.8. The van der Waals surface area contributed by atoms with E-state index in [4.69, 9.17) is 4.74 Å². The molecule has 0 radical (unpaired) electrons. The van der Waals surface area contributed by atoms with Crippen molar-refractivity contribution in [3.05, 3.63) is 59.7 Å². The van der Waals surface area contributed by atoms with Gasteiger partial charge in [-0.25, -0.2) is 0 Å². The molecule has 3 rings (SSSR count). The topological polar surface area (TPSA) is 21.6 Å². The molecule has 2 nitrogen and oxygen atoms in total. The molecule has 0 fully saturated rings. The van der Waals surface area contributed by atoms with E-state index >= 15 is 0 Å². The van der Waals surface area contributed by atoms with Crippen LogP contribution in [0.1, 0.15) is 17.5 Å². The molecule has 3 heteroatoms. The number of rotatable bonds is 4. The number of ether oxygens (including phenoxy) is 1. The van der Waals surface area contributed by atoms with Crippen molar-refractivity contribution in [2.75, 3.05) is 13.4 Å². The van der Waals surface area contributed by atoms with Gasteiger partial charge < -0.3 is 4.74 Å². The Hall–Kier alpha value is -2.00. The molecule has 0 atom stereocenters. The van der Waals surface area contributed by atoms with E-state index < -0.39 is 0 Å². The third kappa shape index (κ3) is 2.88. The molecule has 0 amide bonds. The highest BCUT2D eigenvalue weighted by Crippen LogP contribution is 2.34. The minimum absolute atomic E-state index is 0.868. The lowest BCUT2D eigenvalue weighted by molar-refractivity contribution is 0.415. The Morgan fingerprint density at radius 2 is 1.62 bits per heavy atom. The molecule has 0 aromatic heterocycles. The number of benzene rings is 2. The second kappa shape index (κ2) is 6.19. The van der Waals surface area contributed by atoms with Gasteiger partial charge in [0, 0.05) is 23.1 Å². The lowest BCUT2D eigenvalue weighted by Gasteiger charge is -2.08. The smallest absolute Gasteiger partial charge is 0.118 e. The Bertz CT molecular complexity index is 684. The summed E-state index contributed by atoms with van der Waals surface area (Å²) >= 11 is 1.76. The van der Waals surface area contributed by atoms with Gasteiger partial charge in [0.2, 0.25) is 0 Å². The summed E-state index contributed by atoms with van der Waals surface area (Å²) in [5.74, 6) is 0.868. The summed E-state index contributed by atoms with van der Waals surface area (Å²) in [7, 11) is 1.68. The van der Waals surface area contributed by atoms with Gasteiger partial charge in [-0.1, -0.05) is 12.1 Å². The molecule has 0 bridgehead atoms. The minimum Gasteiger partial charge on any atom is -0.497 e. The maximum atomic E-state index is 5.21. The SMILES string of the molecule is COc1ccc(C2=C(c3ccc(SC)cc3)CC=N2)cc1. The van der Waals surface area contributed by atoms with Gasteiger partial charge in [-0.15, -0.1) is 11.8 Å². The van der Waals surface area contributed by atoms with Crippen molar-refractivity contribution >= 4 is 29.2 Å². The fraction of sp³-hybridized carbons (Fsp3) is 0.167. The van der Waals surface area contributed by atoms with E-state index in [1.165, 1.54) is 16.0 Å². The Kier molecular flexibility index (Phi) is 4.11. The van der Waals surface area contributed by atoms with Gasteiger partial charge in [0.05, 0.1) is 12.8 Å². The minimum atomic E-state index is 0.868. The third-order valence-electron chi connectivity index (χ3n) is 3.60. The number of allylic oxidation sites excluding steroid dienone is 1. The van der Waals surface area contributed by atoms with E-state index in [0.29, 0.717) is 0 Å². The van der Waals surface area contributed by atoms with Crippen molar-refractivity contribution in [2.24, 2.45) is 4.99 Å². The maximum Gasteiger partial charge on any atom is 0.118 e. The van der Waals surface area contributed by atoms with Crippen LogP contribution in [-0.2, 0) is 0 Å². The quantitative estimate of drug-likeness (QED) is 0.758. The summed E-state index contributed by atoms with van der Waals surface area (Å²) < 4.78 is 5.21. The number of methoxy groups -OCH3 is 1. The average Bonchev–Trinajstić information content (AvgIpc) is 3.04. The van der Waals surface area contributed by atoms with Gasteiger partial charge in [0.15, 0.2) is 0 Å². The van der Waals surface area contributed by atoms with Crippen LogP contribution < -0.4 is 4.74 Å². The molecule has 0 aliphatic carbocycles.